The van der Waals surface area contributed by atoms with Crippen LogP contribution in [0.3, 0.4) is 0 Å². The van der Waals surface area contributed by atoms with E-state index in [4.69, 9.17) is 11.6 Å². The molecule has 1 aromatic rings. The molecule has 1 heterocycles. The van der Waals surface area contributed by atoms with Crippen molar-refractivity contribution in [2.24, 2.45) is 11.0 Å². The van der Waals surface area contributed by atoms with Gasteiger partial charge in [0, 0.05) is 17.4 Å². The predicted octanol–water partition coefficient (Wildman–Crippen LogP) is 2.20. The van der Waals surface area contributed by atoms with Crippen LogP contribution in [0.15, 0.2) is 29.4 Å². The molecule has 78 valence electrons. The Labute approximate surface area is 93.1 Å². The molecule has 1 unspecified atom stereocenters. The maximum absolute atomic E-state index is 11.1. The highest BCUT2D eigenvalue weighted by atomic mass is 35.5. The van der Waals surface area contributed by atoms with Crippen LogP contribution in [0, 0.1) is 5.92 Å². The van der Waals surface area contributed by atoms with E-state index in [-0.39, 0.29) is 11.8 Å². The van der Waals surface area contributed by atoms with E-state index in [1.165, 1.54) is 0 Å². The third kappa shape index (κ3) is 2.18. The van der Waals surface area contributed by atoms with Crippen LogP contribution in [0.4, 0.5) is 0 Å². The first kappa shape index (κ1) is 10.2. The molecule has 3 nitrogen and oxygen atoms in total. The predicted molar refractivity (Wildman–Crippen MR) is 59.9 cm³/mol. The van der Waals surface area contributed by atoms with Gasteiger partial charge in [-0.2, -0.15) is 5.10 Å². The largest absolute Gasteiger partial charge is 0.273 e. The maximum atomic E-state index is 11.1. The molecule has 2 rings (SSSR count). The van der Waals surface area contributed by atoms with E-state index in [0.29, 0.717) is 11.4 Å². The SMILES string of the molecule is CC1CC(=O)NN=C1c1ccc(Cl)cc1. The number of rotatable bonds is 1. The molecule has 1 amide bonds. The van der Waals surface area contributed by atoms with Gasteiger partial charge in [0.25, 0.3) is 0 Å². The highest BCUT2D eigenvalue weighted by molar-refractivity contribution is 6.30. The lowest BCUT2D eigenvalue weighted by atomic mass is 9.94. The summed E-state index contributed by atoms with van der Waals surface area (Å²) in [5, 5.41) is 4.77. The standard InChI is InChI=1S/C11H11ClN2O/c1-7-6-10(15)13-14-11(7)8-2-4-9(12)5-3-8/h2-5,7H,6H2,1H3,(H,13,15). The molecule has 0 spiro atoms. The Kier molecular flexibility index (Phi) is 2.73. The fourth-order valence-corrected chi connectivity index (χ4v) is 1.75. The number of carbonyl (C=O) groups is 1. The highest BCUT2D eigenvalue weighted by Gasteiger charge is 2.21. The quantitative estimate of drug-likeness (QED) is 0.778. The molecule has 1 atom stereocenters. The van der Waals surface area contributed by atoms with Crippen molar-refractivity contribution in [2.75, 3.05) is 0 Å². The monoisotopic (exact) mass is 222 g/mol. The molecular weight excluding hydrogens is 212 g/mol. The van der Waals surface area contributed by atoms with E-state index in [0.717, 1.165) is 11.3 Å². The van der Waals surface area contributed by atoms with E-state index in [2.05, 4.69) is 10.5 Å². The van der Waals surface area contributed by atoms with Gasteiger partial charge in [0.15, 0.2) is 0 Å². The van der Waals surface area contributed by atoms with Gasteiger partial charge in [-0.05, 0) is 17.7 Å². The van der Waals surface area contributed by atoms with Crippen molar-refractivity contribution in [3.05, 3.63) is 34.9 Å². The average Bonchev–Trinajstić information content (AvgIpc) is 2.20. The summed E-state index contributed by atoms with van der Waals surface area (Å²) >= 11 is 5.80. The van der Waals surface area contributed by atoms with Gasteiger partial charge in [-0.25, -0.2) is 5.43 Å². The van der Waals surface area contributed by atoms with Crippen LogP contribution in [0.25, 0.3) is 0 Å². The van der Waals surface area contributed by atoms with Crippen LogP contribution in [0.2, 0.25) is 5.02 Å². The van der Waals surface area contributed by atoms with Crippen LogP contribution in [0.5, 0.6) is 0 Å². The molecule has 15 heavy (non-hydrogen) atoms. The van der Waals surface area contributed by atoms with Crippen LogP contribution >= 0.6 is 11.6 Å². The van der Waals surface area contributed by atoms with Gasteiger partial charge in [0.2, 0.25) is 5.91 Å². The fourth-order valence-electron chi connectivity index (χ4n) is 1.62. The summed E-state index contributed by atoms with van der Waals surface area (Å²) < 4.78 is 0. The lowest BCUT2D eigenvalue weighted by Crippen LogP contribution is -2.31. The van der Waals surface area contributed by atoms with E-state index in [9.17, 15) is 4.79 Å². The normalized spacial score (nSPS) is 20.8. The Balaban J connectivity index is 2.31. The van der Waals surface area contributed by atoms with E-state index in [1.54, 1.807) is 0 Å². The number of hydrogen-bond donors (Lipinski definition) is 1. The van der Waals surface area contributed by atoms with Gasteiger partial charge in [-0.1, -0.05) is 30.7 Å². The minimum Gasteiger partial charge on any atom is -0.273 e. The summed E-state index contributed by atoms with van der Waals surface area (Å²) in [7, 11) is 0. The van der Waals surface area contributed by atoms with Gasteiger partial charge < -0.3 is 0 Å². The van der Waals surface area contributed by atoms with Crippen molar-refractivity contribution in [3.63, 3.8) is 0 Å². The van der Waals surface area contributed by atoms with Crippen molar-refractivity contribution >= 4 is 23.2 Å². The lowest BCUT2D eigenvalue weighted by Gasteiger charge is -2.18. The molecule has 1 aromatic carbocycles. The molecule has 0 saturated heterocycles. The van der Waals surface area contributed by atoms with Gasteiger partial charge in [0.05, 0.1) is 5.71 Å². The van der Waals surface area contributed by atoms with E-state index >= 15 is 0 Å². The second-order valence-corrected chi connectivity index (χ2v) is 4.08. The Morgan fingerprint density at radius 2 is 2.07 bits per heavy atom. The summed E-state index contributed by atoms with van der Waals surface area (Å²) in [6.07, 6.45) is 0.488. The van der Waals surface area contributed by atoms with Gasteiger partial charge in [-0.3, -0.25) is 4.79 Å². The molecule has 1 aliphatic rings. The van der Waals surface area contributed by atoms with Crippen LogP contribution < -0.4 is 5.43 Å². The molecule has 0 saturated carbocycles. The summed E-state index contributed by atoms with van der Waals surface area (Å²) in [5.74, 6) is 0.125. The maximum Gasteiger partial charge on any atom is 0.240 e. The van der Waals surface area contributed by atoms with Crippen LogP contribution in [-0.2, 0) is 4.79 Å². The van der Waals surface area contributed by atoms with Crippen molar-refractivity contribution < 1.29 is 4.79 Å². The second-order valence-electron chi connectivity index (χ2n) is 3.64. The molecular formula is C11H11ClN2O. The number of halogens is 1. The minimum absolute atomic E-state index is 0.0276. The zero-order valence-corrected chi connectivity index (χ0v) is 9.08. The number of carbonyl (C=O) groups excluding carboxylic acids is 1. The second kappa shape index (κ2) is 4.03. The molecule has 0 bridgehead atoms. The molecule has 1 aliphatic heterocycles. The molecule has 0 radical (unpaired) electrons. The van der Waals surface area contributed by atoms with Crippen LogP contribution in [-0.4, -0.2) is 11.6 Å². The smallest absolute Gasteiger partial charge is 0.240 e. The van der Waals surface area contributed by atoms with Gasteiger partial charge >= 0.3 is 0 Å². The molecule has 0 aromatic heterocycles. The number of benzene rings is 1. The first-order valence-corrected chi connectivity index (χ1v) is 5.17. The first-order chi connectivity index (χ1) is 7.16. The summed E-state index contributed by atoms with van der Waals surface area (Å²) in [5.41, 5.74) is 4.41. The highest BCUT2D eigenvalue weighted by Crippen LogP contribution is 2.18. The van der Waals surface area contributed by atoms with Crippen molar-refractivity contribution in [1.82, 2.24) is 5.43 Å². The Bertz CT molecular complexity index is 411. The van der Waals surface area contributed by atoms with Gasteiger partial charge in [0.1, 0.15) is 0 Å². The topological polar surface area (TPSA) is 41.5 Å². The zero-order valence-electron chi connectivity index (χ0n) is 8.33. The van der Waals surface area contributed by atoms with Crippen molar-refractivity contribution in [3.8, 4) is 0 Å². The Morgan fingerprint density at radius 3 is 2.67 bits per heavy atom. The Hall–Kier alpha value is -1.35. The van der Waals surface area contributed by atoms with E-state index in [1.807, 2.05) is 31.2 Å². The molecule has 4 heteroatoms. The first-order valence-electron chi connectivity index (χ1n) is 4.79. The zero-order chi connectivity index (χ0) is 10.8. The third-order valence-electron chi connectivity index (χ3n) is 2.40. The molecule has 0 aliphatic carbocycles. The molecule has 1 N–H and O–H groups in total. The number of amides is 1. The summed E-state index contributed by atoms with van der Waals surface area (Å²) in [4.78, 5) is 11.1. The fraction of sp³-hybridized carbons (Fsp3) is 0.273. The van der Waals surface area contributed by atoms with Crippen molar-refractivity contribution in [1.29, 1.82) is 0 Å². The average molecular weight is 223 g/mol. The van der Waals surface area contributed by atoms with E-state index < -0.39 is 0 Å². The Morgan fingerprint density at radius 1 is 1.40 bits per heavy atom. The van der Waals surface area contributed by atoms with Crippen molar-refractivity contribution in [2.45, 2.75) is 13.3 Å². The number of hydrazone groups is 1. The van der Waals surface area contributed by atoms with Crippen LogP contribution in [0.1, 0.15) is 18.9 Å². The summed E-state index contributed by atoms with van der Waals surface area (Å²) in [6.45, 7) is 1.99. The third-order valence-corrected chi connectivity index (χ3v) is 2.65. The minimum atomic E-state index is -0.0276. The van der Waals surface area contributed by atoms with Gasteiger partial charge in [-0.15, -0.1) is 0 Å². The summed E-state index contributed by atoms with van der Waals surface area (Å²) in [6, 6.07) is 7.47. The number of nitrogens with one attached hydrogen (secondary N) is 1. The lowest BCUT2D eigenvalue weighted by molar-refractivity contribution is -0.121. The number of hydrogen-bond acceptors (Lipinski definition) is 2. The molecule has 0 fully saturated rings. The number of nitrogens with zero attached hydrogens (tertiary/aromatic N) is 1.